The highest BCUT2D eigenvalue weighted by Crippen LogP contribution is 2.42. The Balaban J connectivity index is 2.22. The van der Waals surface area contributed by atoms with Crippen molar-refractivity contribution in [2.75, 3.05) is 0 Å². The number of hydrogen-bond acceptors (Lipinski definition) is 0. The Morgan fingerprint density at radius 3 is 2.35 bits per heavy atom. The van der Waals surface area contributed by atoms with Gasteiger partial charge in [-0.1, -0.05) is 71.2 Å². The minimum absolute atomic E-state index is 0.337. The average Bonchev–Trinajstić information content (AvgIpc) is 2.83. The molecule has 1 unspecified atom stereocenters. The van der Waals surface area contributed by atoms with Gasteiger partial charge < -0.3 is 0 Å². The summed E-state index contributed by atoms with van der Waals surface area (Å²) in [7, 11) is 0. The summed E-state index contributed by atoms with van der Waals surface area (Å²) in [4.78, 5) is 0. The topological polar surface area (TPSA) is 0 Å². The van der Waals surface area contributed by atoms with Gasteiger partial charge in [-0.15, -0.1) is 0 Å². The first-order valence-corrected chi connectivity index (χ1v) is 7.71. The molecule has 0 saturated heterocycles. The van der Waals surface area contributed by atoms with Gasteiger partial charge in [0, 0.05) is 16.3 Å². The highest BCUT2D eigenvalue weighted by Gasteiger charge is 2.27. The van der Waals surface area contributed by atoms with Gasteiger partial charge in [-0.2, -0.15) is 0 Å². The predicted molar refractivity (Wildman–Crippen MR) is 78.8 cm³/mol. The van der Waals surface area contributed by atoms with Gasteiger partial charge in [0.2, 0.25) is 0 Å². The van der Waals surface area contributed by atoms with E-state index in [9.17, 15) is 0 Å². The molecule has 92 valence electrons. The third-order valence-corrected chi connectivity index (χ3v) is 4.58. The number of alkyl halides is 1. The van der Waals surface area contributed by atoms with E-state index in [0.29, 0.717) is 11.8 Å². The van der Waals surface area contributed by atoms with E-state index in [4.69, 9.17) is 11.6 Å². The molecule has 0 aliphatic heterocycles. The molecule has 1 saturated carbocycles. The largest absolute Gasteiger partial charge is 0.0891 e. The molecule has 1 aromatic carbocycles. The molecule has 1 aromatic rings. The molecule has 2 heteroatoms. The zero-order valence-electron chi connectivity index (χ0n) is 9.96. The Morgan fingerprint density at radius 1 is 1.29 bits per heavy atom. The molecule has 0 bridgehead atoms. The van der Waals surface area contributed by atoms with Crippen LogP contribution in [-0.2, 0) is 5.33 Å². The fourth-order valence-electron chi connectivity index (χ4n) is 2.81. The highest BCUT2D eigenvalue weighted by molar-refractivity contribution is 9.08. The van der Waals surface area contributed by atoms with Crippen LogP contribution < -0.4 is 0 Å². The summed E-state index contributed by atoms with van der Waals surface area (Å²) >= 11 is 9.70. The van der Waals surface area contributed by atoms with Crippen LogP contribution in [0.25, 0.3) is 0 Å². The maximum Gasteiger partial charge on any atom is 0.0283 e. The minimum atomic E-state index is 0.337. The number of hydrogen-bond donors (Lipinski definition) is 0. The van der Waals surface area contributed by atoms with Gasteiger partial charge in [0.1, 0.15) is 0 Å². The van der Waals surface area contributed by atoms with Crippen LogP contribution in [-0.4, -0.2) is 0 Å². The second-order valence-electron chi connectivity index (χ2n) is 4.84. The third kappa shape index (κ3) is 3.14. The monoisotopic (exact) mass is 312 g/mol. The lowest BCUT2D eigenvalue weighted by molar-refractivity contribution is 0.489. The van der Waals surface area contributed by atoms with Crippen molar-refractivity contribution in [3.63, 3.8) is 0 Å². The van der Waals surface area contributed by atoms with Crippen molar-refractivity contribution >= 4 is 27.5 Å². The molecule has 0 aromatic heterocycles. The van der Waals surface area contributed by atoms with Crippen molar-refractivity contribution in [3.8, 4) is 0 Å². The molecule has 2 rings (SSSR count). The zero-order chi connectivity index (χ0) is 12.3. The second-order valence-corrected chi connectivity index (χ2v) is 5.89. The summed E-state index contributed by atoms with van der Waals surface area (Å²) in [5.74, 6) is 1.03. The van der Waals surface area contributed by atoms with Crippen molar-refractivity contribution in [2.24, 2.45) is 5.92 Å². The summed E-state index contributed by atoms with van der Waals surface area (Å²) in [5.41, 5.74) is 2.63. The van der Waals surface area contributed by atoms with Gasteiger partial charge in [-0.3, -0.25) is 0 Å². The van der Waals surface area contributed by atoms with Crippen LogP contribution in [0.1, 0.15) is 42.7 Å². The van der Waals surface area contributed by atoms with Crippen LogP contribution in [0.15, 0.2) is 35.9 Å². The molecule has 0 N–H and O–H groups in total. The van der Waals surface area contributed by atoms with Gasteiger partial charge >= 0.3 is 0 Å². The van der Waals surface area contributed by atoms with E-state index in [1.165, 1.54) is 36.8 Å². The fraction of sp³-hybridized carbons (Fsp3) is 0.467. The molecule has 1 aliphatic rings. The van der Waals surface area contributed by atoms with E-state index in [-0.39, 0.29) is 0 Å². The Kier molecular flexibility index (Phi) is 4.69. The van der Waals surface area contributed by atoms with Crippen LogP contribution in [0.4, 0.5) is 0 Å². The number of rotatable bonds is 4. The van der Waals surface area contributed by atoms with E-state index in [2.05, 4.69) is 46.8 Å². The van der Waals surface area contributed by atoms with E-state index < -0.39 is 0 Å². The van der Waals surface area contributed by atoms with E-state index in [1.807, 2.05) is 0 Å². The van der Waals surface area contributed by atoms with Crippen LogP contribution in [0.5, 0.6) is 0 Å². The zero-order valence-corrected chi connectivity index (χ0v) is 12.3. The first kappa shape index (κ1) is 13.2. The van der Waals surface area contributed by atoms with Gasteiger partial charge in [-0.05, 0) is 29.9 Å². The summed E-state index contributed by atoms with van der Waals surface area (Å²) in [6.07, 6.45) is 5.25. The normalized spacial score (nSPS) is 18.2. The highest BCUT2D eigenvalue weighted by atomic mass is 79.9. The summed E-state index contributed by atoms with van der Waals surface area (Å²) in [6.45, 7) is 3.98. The lowest BCUT2D eigenvalue weighted by Gasteiger charge is -2.23. The van der Waals surface area contributed by atoms with Crippen molar-refractivity contribution in [2.45, 2.75) is 36.9 Å². The number of allylic oxidation sites excluding steroid dienone is 1. The SMILES string of the molecule is C=C(Cl)C(c1ccc(CBr)cc1)C1CCCC1. The van der Waals surface area contributed by atoms with Crippen LogP contribution in [0, 0.1) is 5.92 Å². The Bertz CT molecular complexity index is 376. The quantitative estimate of drug-likeness (QED) is 0.634. The van der Waals surface area contributed by atoms with Gasteiger partial charge in [0.05, 0.1) is 0 Å². The molecule has 1 fully saturated rings. The molecule has 0 amide bonds. The van der Waals surface area contributed by atoms with Crippen molar-refractivity contribution in [3.05, 3.63) is 47.0 Å². The van der Waals surface area contributed by atoms with Gasteiger partial charge in [-0.25, -0.2) is 0 Å². The smallest absolute Gasteiger partial charge is 0.0283 e. The molecular formula is C15H18BrCl. The maximum absolute atomic E-state index is 6.23. The number of halogens is 2. The molecule has 1 aliphatic carbocycles. The van der Waals surface area contributed by atoms with Crippen LogP contribution in [0.3, 0.4) is 0 Å². The second kappa shape index (κ2) is 6.06. The van der Waals surface area contributed by atoms with E-state index in [0.717, 1.165) is 10.4 Å². The number of benzene rings is 1. The van der Waals surface area contributed by atoms with Crippen LogP contribution >= 0.6 is 27.5 Å². The van der Waals surface area contributed by atoms with Crippen molar-refractivity contribution in [1.82, 2.24) is 0 Å². The van der Waals surface area contributed by atoms with Crippen LogP contribution in [0.2, 0.25) is 0 Å². The molecule has 0 spiro atoms. The minimum Gasteiger partial charge on any atom is -0.0891 e. The van der Waals surface area contributed by atoms with Crippen molar-refractivity contribution in [1.29, 1.82) is 0 Å². The van der Waals surface area contributed by atoms with Crippen molar-refractivity contribution < 1.29 is 0 Å². The molecule has 0 nitrogen and oxygen atoms in total. The average molecular weight is 314 g/mol. The lowest BCUT2D eigenvalue weighted by Crippen LogP contribution is -2.09. The van der Waals surface area contributed by atoms with Gasteiger partial charge in [0.15, 0.2) is 0 Å². The molecular weight excluding hydrogens is 296 g/mol. The molecule has 0 heterocycles. The molecule has 1 atom stereocenters. The maximum atomic E-state index is 6.23. The summed E-state index contributed by atoms with van der Waals surface area (Å²) in [6, 6.07) is 8.75. The predicted octanol–water partition coefficient (Wildman–Crippen LogP) is 5.61. The van der Waals surface area contributed by atoms with E-state index >= 15 is 0 Å². The van der Waals surface area contributed by atoms with E-state index in [1.54, 1.807) is 0 Å². The standard InChI is InChI=1S/C15H18BrCl/c1-11(17)15(13-4-2-3-5-13)14-8-6-12(10-16)7-9-14/h6-9,13,15H,1-5,10H2. The first-order valence-electron chi connectivity index (χ1n) is 6.21. The lowest BCUT2D eigenvalue weighted by atomic mass is 9.84. The Labute approximate surface area is 117 Å². The Hall–Kier alpha value is -0.270. The van der Waals surface area contributed by atoms with Gasteiger partial charge in [0.25, 0.3) is 0 Å². The molecule has 17 heavy (non-hydrogen) atoms. The summed E-state index contributed by atoms with van der Waals surface area (Å²) < 4.78 is 0. The first-order chi connectivity index (χ1) is 8.22. The third-order valence-electron chi connectivity index (χ3n) is 3.70. The Morgan fingerprint density at radius 2 is 1.88 bits per heavy atom. The fourth-order valence-corrected chi connectivity index (χ4v) is 3.49. The molecule has 0 radical (unpaired) electrons. The summed E-state index contributed by atoms with van der Waals surface area (Å²) in [5, 5.41) is 1.70.